The summed E-state index contributed by atoms with van der Waals surface area (Å²) < 4.78 is 3.12. The zero-order valence-electron chi connectivity index (χ0n) is 13.2. The van der Waals surface area contributed by atoms with Crippen LogP contribution in [0, 0.1) is 0 Å². The Kier molecular flexibility index (Phi) is 5.57. The SMILES string of the molecule is CC(C)c1nnc(SCCSc2nnc(C(C)C)n2N)n1N. The summed E-state index contributed by atoms with van der Waals surface area (Å²) >= 11 is 3.14. The van der Waals surface area contributed by atoms with Crippen LogP contribution in [0.25, 0.3) is 0 Å². The van der Waals surface area contributed by atoms with Gasteiger partial charge in [-0.05, 0) is 0 Å². The van der Waals surface area contributed by atoms with E-state index in [1.165, 1.54) is 0 Å². The second-order valence-electron chi connectivity index (χ2n) is 5.43. The molecule has 4 N–H and O–H groups in total. The van der Waals surface area contributed by atoms with Crippen molar-refractivity contribution in [3.63, 3.8) is 0 Å². The summed E-state index contributed by atoms with van der Waals surface area (Å²) in [7, 11) is 0. The molecule has 2 aromatic heterocycles. The predicted octanol–water partition coefficient (Wildman–Crippen LogP) is 1.43. The lowest BCUT2D eigenvalue weighted by Gasteiger charge is -2.06. The largest absolute Gasteiger partial charge is 0.336 e. The molecule has 0 bridgehead atoms. The molecule has 0 aromatic carbocycles. The number of thioether (sulfide) groups is 2. The molecular formula is C12H22N8S2. The number of nitrogens with zero attached hydrogens (tertiary/aromatic N) is 6. The molecule has 122 valence electrons. The van der Waals surface area contributed by atoms with Crippen LogP contribution in [0.3, 0.4) is 0 Å². The molecule has 0 spiro atoms. The number of nitrogen functional groups attached to an aromatic ring is 2. The first-order valence-corrected chi connectivity index (χ1v) is 9.05. The van der Waals surface area contributed by atoms with E-state index in [0.29, 0.717) is 0 Å². The van der Waals surface area contributed by atoms with E-state index in [2.05, 4.69) is 20.4 Å². The first-order valence-electron chi connectivity index (χ1n) is 7.08. The second-order valence-corrected chi connectivity index (χ2v) is 7.55. The molecule has 2 heterocycles. The van der Waals surface area contributed by atoms with Gasteiger partial charge in [0, 0.05) is 23.3 Å². The summed E-state index contributed by atoms with van der Waals surface area (Å²) in [6.07, 6.45) is 0. The van der Waals surface area contributed by atoms with Crippen molar-refractivity contribution in [3.05, 3.63) is 11.6 Å². The monoisotopic (exact) mass is 342 g/mol. The highest BCUT2D eigenvalue weighted by Crippen LogP contribution is 2.23. The van der Waals surface area contributed by atoms with Crippen molar-refractivity contribution >= 4 is 23.5 Å². The molecule has 0 saturated heterocycles. The van der Waals surface area contributed by atoms with Gasteiger partial charge in [0.1, 0.15) is 0 Å². The summed E-state index contributed by atoms with van der Waals surface area (Å²) in [6, 6.07) is 0. The van der Waals surface area contributed by atoms with Gasteiger partial charge >= 0.3 is 0 Å². The molecule has 0 fully saturated rings. The normalized spacial score (nSPS) is 11.7. The smallest absolute Gasteiger partial charge is 0.209 e. The Morgan fingerprint density at radius 1 is 0.773 bits per heavy atom. The van der Waals surface area contributed by atoms with Gasteiger partial charge < -0.3 is 11.7 Å². The Bertz CT molecular complexity index is 564. The lowest BCUT2D eigenvalue weighted by atomic mass is 10.2. The van der Waals surface area contributed by atoms with Crippen molar-refractivity contribution < 1.29 is 0 Å². The minimum Gasteiger partial charge on any atom is -0.336 e. The van der Waals surface area contributed by atoms with Gasteiger partial charge in [-0.25, -0.2) is 9.35 Å². The van der Waals surface area contributed by atoms with E-state index in [4.69, 9.17) is 11.7 Å². The van der Waals surface area contributed by atoms with E-state index in [1.54, 1.807) is 32.9 Å². The molecule has 0 aliphatic rings. The summed E-state index contributed by atoms with van der Waals surface area (Å²) in [4.78, 5) is 0. The summed E-state index contributed by atoms with van der Waals surface area (Å²) in [5.41, 5.74) is 0. The predicted molar refractivity (Wildman–Crippen MR) is 90.0 cm³/mol. The third-order valence-corrected chi connectivity index (χ3v) is 5.11. The molecule has 2 aromatic rings. The molecule has 0 radical (unpaired) electrons. The van der Waals surface area contributed by atoms with Gasteiger partial charge in [0.25, 0.3) is 0 Å². The van der Waals surface area contributed by atoms with Crippen LogP contribution in [0.15, 0.2) is 10.3 Å². The zero-order chi connectivity index (χ0) is 16.3. The molecule has 2 rings (SSSR count). The van der Waals surface area contributed by atoms with Crippen molar-refractivity contribution in [2.75, 3.05) is 23.2 Å². The zero-order valence-corrected chi connectivity index (χ0v) is 14.9. The van der Waals surface area contributed by atoms with Crippen LogP contribution in [-0.2, 0) is 0 Å². The van der Waals surface area contributed by atoms with Gasteiger partial charge in [-0.1, -0.05) is 51.2 Å². The van der Waals surface area contributed by atoms with Gasteiger partial charge in [0.2, 0.25) is 10.3 Å². The van der Waals surface area contributed by atoms with Crippen molar-refractivity contribution in [1.29, 1.82) is 0 Å². The summed E-state index contributed by atoms with van der Waals surface area (Å²) in [5.74, 6) is 15.7. The summed E-state index contributed by atoms with van der Waals surface area (Å²) in [5, 5.41) is 17.9. The molecule has 8 nitrogen and oxygen atoms in total. The number of aromatic nitrogens is 6. The molecule has 0 aliphatic heterocycles. The van der Waals surface area contributed by atoms with E-state index in [0.717, 1.165) is 33.5 Å². The van der Waals surface area contributed by atoms with Crippen LogP contribution < -0.4 is 11.7 Å². The standard InChI is InChI=1S/C12H22N8S2/c1-7(2)9-15-17-11(19(9)13)21-5-6-22-12-18-16-10(8(3)4)20(12)14/h7-8H,5-6,13-14H2,1-4H3. The van der Waals surface area contributed by atoms with E-state index in [9.17, 15) is 0 Å². The third kappa shape index (κ3) is 3.67. The van der Waals surface area contributed by atoms with E-state index < -0.39 is 0 Å². The van der Waals surface area contributed by atoms with Gasteiger partial charge in [0.05, 0.1) is 0 Å². The summed E-state index contributed by atoms with van der Waals surface area (Å²) in [6.45, 7) is 8.16. The quantitative estimate of drug-likeness (QED) is 0.441. The van der Waals surface area contributed by atoms with Crippen LogP contribution in [-0.4, -0.2) is 41.3 Å². The second kappa shape index (κ2) is 7.23. The number of nitrogens with two attached hydrogens (primary N) is 2. The molecule has 0 atom stereocenters. The Labute approximate surface area is 138 Å². The Hall–Kier alpha value is -1.42. The molecule has 0 aliphatic carbocycles. The fourth-order valence-electron chi connectivity index (χ4n) is 1.83. The van der Waals surface area contributed by atoms with Gasteiger partial charge in [-0.3, -0.25) is 0 Å². The van der Waals surface area contributed by atoms with Gasteiger partial charge in [-0.15, -0.1) is 20.4 Å². The Balaban J connectivity index is 1.85. The van der Waals surface area contributed by atoms with Crippen LogP contribution in [0.5, 0.6) is 0 Å². The molecule has 10 heteroatoms. The Morgan fingerprint density at radius 3 is 1.41 bits per heavy atom. The third-order valence-electron chi connectivity index (χ3n) is 2.96. The average molecular weight is 342 g/mol. The fourth-order valence-corrected chi connectivity index (χ4v) is 3.52. The first-order chi connectivity index (χ1) is 10.4. The molecule has 22 heavy (non-hydrogen) atoms. The Morgan fingerprint density at radius 2 is 1.14 bits per heavy atom. The lowest BCUT2D eigenvalue weighted by Crippen LogP contribution is -2.15. The van der Waals surface area contributed by atoms with Crippen molar-refractivity contribution in [2.45, 2.75) is 49.8 Å². The van der Waals surface area contributed by atoms with Gasteiger partial charge in [-0.2, -0.15) is 0 Å². The minimum absolute atomic E-state index is 0.256. The maximum Gasteiger partial charge on any atom is 0.209 e. The van der Waals surface area contributed by atoms with Crippen molar-refractivity contribution in [3.8, 4) is 0 Å². The van der Waals surface area contributed by atoms with Crippen LogP contribution in [0.4, 0.5) is 0 Å². The van der Waals surface area contributed by atoms with Crippen LogP contribution >= 0.6 is 23.5 Å². The fraction of sp³-hybridized carbons (Fsp3) is 0.667. The van der Waals surface area contributed by atoms with E-state index in [-0.39, 0.29) is 11.8 Å². The maximum absolute atomic E-state index is 5.98. The highest BCUT2D eigenvalue weighted by atomic mass is 32.2. The highest BCUT2D eigenvalue weighted by Gasteiger charge is 2.14. The highest BCUT2D eigenvalue weighted by molar-refractivity contribution is 8.02. The molecular weight excluding hydrogens is 320 g/mol. The maximum atomic E-state index is 5.98. The molecule has 0 saturated carbocycles. The number of hydrogen-bond donors (Lipinski definition) is 2. The van der Waals surface area contributed by atoms with Gasteiger partial charge in [0.15, 0.2) is 11.6 Å². The van der Waals surface area contributed by atoms with Crippen LogP contribution in [0.2, 0.25) is 0 Å². The average Bonchev–Trinajstić information content (AvgIpc) is 2.99. The minimum atomic E-state index is 0.256. The van der Waals surface area contributed by atoms with Crippen molar-refractivity contribution in [1.82, 2.24) is 29.7 Å². The number of rotatable bonds is 7. The van der Waals surface area contributed by atoms with Crippen molar-refractivity contribution in [2.24, 2.45) is 0 Å². The molecule has 0 unspecified atom stereocenters. The lowest BCUT2D eigenvalue weighted by molar-refractivity contribution is 0.711. The first kappa shape index (κ1) is 16.9. The molecule has 0 amide bonds. The van der Waals surface area contributed by atoms with E-state index in [1.807, 2.05) is 27.7 Å². The topological polar surface area (TPSA) is 113 Å². The van der Waals surface area contributed by atoms with E-state index >= 15 is 0 Å². The number of hydrogen-bond acceptors (Lipinski definition) is 8. The van der Waals surface area contributed by atoms with Crippen LogP contribution in [0.1, 0.15) is 51.2 Å².